The first-order valence-electron chi connectivity index (χ1n) is 8.64. The molecule has 1 fully saturated rings. The molecule has 138 valence electrons. The van der Waals surface area contributed by atoms with Crippen molar-refractivity contribution < 1.29 is 9.53 Å². The molecule has 1 aromatic carbocycles. The Labute approximate surface area is 163 Å². The number of ether oxygens (including phenoxy) is 1. The summed E-state index contributed by atoms with van der Waals surface area (Å²) in [5.41, 5.74) is 1.04. The van der Waals surface area contributed by atoms with Gasteiger partial charge in [-0.2, -0.15) is 0 Å². The average molecular weight is 392 g/mol. The summed E-state index contributed by atoms with van der Waals surface area (Å²) in [7, 11) is 0. The number of nitrogens with zero attached hydrogens (tertiary/aromatic N) is 2. The third kappa shape index (κ3) is 5.62. The van der Waals surface area contributed by atoms with Crippen LogP contribution in [0.3, 0.4) is 0 Å². The van der Waals surface area contributed by atoms with Gasteiger partial charge in [0.25, 0.3) is 0 Å². The smallest absolute Gasteiger partial charge is 0.221 e. The van der Waals surface area contributed by atoms with Crippen LogP contribution in [0.5, 0.6) is 0 Å². The van der Waals surface area contributed by atoms with Crippen LogP contribution in [0.1, 0.15) is 12.0 Å². The summed E-state index contributed by atoms with van der Waals surface area (Å²) in [6.07, 6.45) is 2.26. The number of rotatable bonds is 7. The van der Waals surface area contributed by atoms with E-state index >= 15 is 0 Å². The van der Waals surface area contributed by atoms with Gasteiger partial charge in [-0.3, -0.25) is 4.79 Å². The molecule has 0 aliphatic carbocycles. The third-order valence-electron chi connectivity index (χ3n) is 4.07. The van der Waals surface area contributed by atoms with E-state index in [1.54, 1.807) is 18.0 Å². The number of thioether (sulfide) groups is 1. The topological polar surface area (TPSA) is 54.5 Å². The Morgan fingerprint density at radius 3 is 2.77 bits per heavy atom. The number of amides is 1. The SMILES string of the molecule is O=C(CCSc1ccc(Cl)cc1)NCc1cccnc1N1CCOCC1. The van der Waals surface area contributed by atoms with Crippen molar-refractivity contribution in [2.45, 2.75) is 17.9 Å². The second-order valence-corrected chi connectivity index (χ2v) is 7.52. The molecule has 1 N–H and O–H groups in total. The van der Waals surface area contributed by atoms with Gasteiger partial charge in [0.2, 0.25) is 5.91 Å². The van der Waals surface area contributed by atoms with Crippen molar-refractivity contribution in [2.24, 2.45) is 0 Å². The number of carbonyl (C=O) groups excluding carboxylic acids is 1. The lowest BCUT2D eigenvalue weighted by atomic mass is 10.2. The van der Waals surface area contributed by atoms with Gasteiger partial charge in [-0.05, 0) is 30.3 Å². The number of carbonyl (C=O) groups is 1. The number of anilines is 1. The average Bonchev–Trinajstić information content (AvgIpc) is 2.69. The van der Waals surface area contributed by atoms with Crippen LogP contribution in [-0.4, -0.2) is 42.9 Å². The molecule has 0 bridgehead atoms. The molecule has 3 rings (SSSR count). The van der Waals surface area contributed by atoms with Gasteiger partial charge in [-0.1, -0.05) is 17.7 Å². The van der Waals surface area contributed by atoms with Crippen molar-refractivity contribution in [3.05, 3.63) is 53.2 Å². The zero-order valence-corrected chi connectivity index (χ0v) is 16.1. The van der Waals surface area contributed by atoms with Gasteiger partial charge in [-0.25, -0.2) is 4.98 Å². The Morgan fingerprint density at radius 1 is 1.23 bits per heavy atom. The summed E-state index contributed by atoms with van der Waals surface area (Å²) >= 11 is 7.53. The molecule has 1 saturated heterocycles. The fourth-order valence-electron chi connectivity index (χ4n) is 2.70. The van der Waals surface area contributed by atoms with E-state index in [1.807, 2.05) is 36.4 Å². The lowest BCUT2D eigenvalue weighted by Crippen LogP contribution is -2.37. The van der Waals surface area contributed by atoms with Gasteiger partial charge >= 0.3 is 0 Å². The van der Waals surface area contributed by atoms with Crippen LogP contribution >= 0.6 is 23.4 Å². The van der Waals surface area contributed by atoms with E-state index in [9.17, 15) is 4.79 Å². The number of nitrogens with one attached hydrogen (secondary N) is 1. The maximum atomic E-state index is 12.1. The molecule has 0 atom stereocenters. The zero-order valence-electron chi connectivity index (χ0n) is 14.5. The van der Waals surface area contributed by atoms with Gasteiger partial charge in [0, 0.05) is 53.5 Å². The van der Waals surface area contributed by atoms with Gasteiger partial charge < -0.3 is 15.0 Å². The molecule has 2 heterocycles. The molecule has 5 nitrogen and oxygen atoms in total. The normalized spacial score (nSPS) is 14.3. The van der Waals surface area contributed by atoms with Gasteiger partial charge in [0.15, 0.2) is 0 Å². The maximum absolute atomic E-state index is 12.1. The summed E-state index contributed by atoms with van der Waals surface area (Å²) in [5, 5.41) is 3.72. The lowest BCUT2D eigenvalue weighted by molar-refractivity contribution is -0.120. The molecule has 0 spiro atoms. The van der Waals surface area contributed by atoms with Crippen LogP contribution in [0.25, 0.3) is 0 Å². The van der Waals surface area contributed by atoms with Gasteiger partial charge in [-0.15, -0.1) is 11.8 Å². The molecular weight excluding hydrogens is 370 g/mol. The van der Waals surface area contributed by atoms with Gasteiger partial charge in [0.1, 0.15) is 5.82 Å². The number of aromatic nitrogens is 1. The van der Waals surface area contributed by atoms with Crippen LogP contribution in [-0.2, 0) is 16.1 Å². The van der Waals surface area contributed by atoms with E-state index in [2.05, 4.69) is 15.2 Å². The Hall–Kier alpha value is -1.76. The molecule has 1 aromatic heterocycles. The van der Waals surface area contributed by atoms with Crippen LogP contribution in [0, 0.1) is 0 Å². The molecule has 26 heavy (non-hydrogen) atoms. The largest absolute Gasteiger partial charge is 0.378 e. The van der Waals surface area contributed by atoms with Crippen molar-refractivity contribution in [3.8, 4) is 0 Å². The van der Waals surface area contributed by atoms with Crippen LogP contribution < -0.4 is 10.2 Å². The van der Waals surface area contributed by atoms with Crippen molar-refractivity contribution in [1.82, 2.24) is 10.3 Å². The fourth-order valence-corrected chi connectivity index (χ4v) is 3.68. The Kier molecular flexibility index (Phi) is 7.17. The minimum absolute atomic E-state index is 0.0447. The first-order chi connectivity index (χ1) is 12.7. The van der Waals surface area contributed by atoms with E-state index in [0.717, 1.165) is 40.1 Å². The highest BCUT2D eigenvalue weighted by Crippen LogP contribution is 2.21. The fraction of sp³-hybridized carbons (Fsp3) is 0.368. The molecule has 1 amide bonds. The number of hydrogen-bond acceptors (Lipinski definition) is 5. The summed E-state index contributed by atoms with van der Waals surface area (Å²) in [6.45, 7) is 3.57. The van der Waals surface area contributed by atoms with Crippen molar-refractivity contribution in [3.63, 3.8) is 0 Å². The molecule has 0 unspecified atom stereocenters. The van der Waals surface area contributed by atoms with Crippen LogP contribution in [0.2, 0.25) is 5.02 Å². The molecule has 0 radical (unpaired) electrons. The summed E-state index contributed by atoms with van der Waals surface area (Å²) in [5.74, 6) is 1.71. The quantitative estimate of drug-likeness (QED) is 0.733. The zero-order chi connectivity index (χ0) is 18.2. The first-order valence-corrected chi connectivity index (χ1v) is 10.0. The monoisotopic (exact) mass is 391 g/mol. The van der Waals surface area contributed by atoms with Crippen molar-refractivity contribution in [2.75, 3.05) is 37.0 Å². The minimum atomic E-state index is 0.0447. The summed E-state index contributed by atoms with van der Waals surface area (Å²) in [4.78, 5) is 20.0. The van der Waals surface area contributed by atoms with E-state index in [4.69, 9.17) is 16.3 Å². The molecule has 7 heteroatoms. The maximum Gasteiger partial charge on any atom is 0.221 e. The second-order valence-electron chi connectivity index (χ2n) is 5.91. The summed E-state index contributed by atoms with van der Waals surface area (Å²) < 4.78 is 5.40. The molecule has 1 aliphatic heterocycles. The predicted molar refractivity (Wildman–Crippen MR) is 106 cm³/mol. The van der Waals surface area contributed by atoms with Gasteiger partial charge in [0.05, 0.1) is 13.2 Å². The number of pyridine rings is 1. The highest BCUT2D eigenvalue weighted by molar-refractivity contribution is 7.99. The predicted octanol–water partition coefficient (Wildman–Crippen LogP) is 3.37. The van der Waals surface area contributed by atoms with E-state index in [0.29, 0.717) is 26.2 Å². The molecule has 1 aliphatic rings. The number of morpholine rings is 1. The number of hydrogen-bond donors (Lipinski definition) is 1. The van der Waals surface area contributed by atoms with Crippen molar-refractivity contribution in [1.29, 1.82) is 0 Å². The highest BCUT2D eigenvalue weighted by Gasteiger charge is 2.16. The molecule has 0 saturated carbocycles. The van der Waals surface area contributed by atoms with E-state index in [-0.39, 0.29) is 5.91 Å². The lowest BCUT2D eigenvalue weighted by Gasteiger charge is -2.29. The second kappa shape index (κ2) is 9.80. The van der Waals surface area contributed by atoms with E-state index in [1.165, 1.54) is 0 Å². The Balaban J connectivity index is 1.46. The van der Waals surface area contributed by atoms with Crippen molar-refractivity contribution >= 4 is 35.1 Å². The molecular formula is C19H22ClN3O2S. The standard InChI is InChI=1S/C19H22ClN3O2S/c20-16-3-5-17(6-4-16)26-13-7-18(24)22-14-15-2-1-8-21-19(15)23-9-11-25-12-10-23/h1-6,8H,7,9-14H2,(H,22,24). The van der Waals surface area contributed by atoms with Crippen LogP contribution in [0.15, 0.2) is 47.5 Å². The minimum Gasteiger partial charge on any atom is -0.378 e. The number of benzene rings is 1. The Bertz CT molecular complexity index is 721. The molecule has 2 aromatic rings. The summed E-state index contributed by atoms with van der Waals surface area (Å²) in [6, 6.07) is 11.6. The van der Waals surface area contributed by atoms with E-state index < -0.39 is 0 Å². The Morgan fingerprint density at radius 2 is 2.00 bits per heavy atom. The third-order valence-corrected chi connectivity index (χ3v) is 5.33. The first kappa shape index (κ1) is 19.0. The number of halogens is 1. The highest BCUT2D eigenvalue weighted by atomic mass is 35.5. The van der Waals surface area contributed by atoms with Crippen LogP contribution in [0.4, 0.5) is 5.82 Å².